The normalized spacial score (nSPS) is 11.4. The molecule has 0 unspecified atom stereocenters. The van der Waals surface area contributed by atoms with Gasteiger partial charge in [-0.3, -0.25) is 9.59 Å². The van der Waals surface area contributed by atoms with Gasteiger partial charge in [-0.15, -0.1) is 0 Å². The van der Waals surface area contributed by atoms with Gasteiger partial charge in [-0.2, -0.15) is 5.10 Å². The number of carbonyl (C=O) groups excluding carboxylic acids is 2. The molecule has 0 aliphatic heterocycles. The lowest BCUT2D eigenvalue weighted by Gasteiger charge is -2.09. The molecule has 1 heterocycles. The Hall–Kier alpha value is -3.91. The number of rotatable bonds is 8. The number of amides is 1. The van der Waals surface area contributed by atoms with Crippen molar-refractivity contribution in [2.45, 2.75) is 25.5 Å². The van der Waals surface area contributed by atoms with E-state index >= 15 is 0 Å². The number of benzene rings is 3. The fraction of sp³-hybridized carbons (Fsp3) is 0.154. The van der Waals surface area contributed by atoms with E-state index in [0.29, 0.717) is 18.0 Å². The molecular weight excluding hydrogens is 448 g/mol. The second kappa shape index (κ2) is 10.8. The Kier molecular flexibility index (Phi) is 7.39. The van der Waals surface area contributed by atoms with Crippen LogP contribution >= 0.6 is 11.8 Å². The molecule has 0 atom stereocenters. The van der Waals surface area contributed by atoms with Gasteiger partial charge in [0.05, 0.1) is 29.0 Å². The van der Waals surface area contributed by atoms with Gasteiger partial charge < -0.3 is 9.30 Å². The number of hydrogen-bond donors (Lipinski definition) is 1. The number of para-hydroxylation sites is 2. The lowest BCUT2D eigenvalue weighted by Crippen LogP contribution is -2.21. The number of nitrogens with one attached hydrogen (secondary N) is 1. The van der Waals surface area contributed by atoms with Crippen LogP contribution in [-0.4, -0.2) is 32.9 Å². The molecule has 1 aromatic heterocycles. The van der Waals surface area contributed by atoms with Gasteiger partial charge in [0.15, 0.2) is 5.16 Å². The van der Waals surface area contributed by atoms with Gasteiger partial charge in [0.2, 0.25) is 0 Å². The molecule has 7 nitrogen and oxygen atoms in total. The number of thioether (sulfide) groups is 1. The third kappa shape index (κ3) is 5.90. The Morgan fingerprint density at radius 3 is 2.41 bits per heavy atom. The van der Waals surface area contributed by atoms with Crippen LogP contribution in [0.2, 0.25) is 0 Å². The third-order valence-corrected chi connectivity index (χ3v) is 5.99. The van der Waals surface area contributed by atoms with Crippen molar-refractivity contribution in [3.63, 3.8) is 0 Å². The van der Waals surface area contributed by atoms with E-state index in [9.17, 15) is 9.59 Å². The quantitative estimate of drug-likeness (QED) is 0.133. The van der Waals surface area contributed by atoms with E-state index in [1.54, 1.807) is 31.2 Å². The number of aromatic nitrogens is 2. The molecule has 4 rings (SSSR count). The van der Waals surface area contributed by atoms with Crippen molar-refractivity contribution in [2.24, 2.45) is 5.10 Å². The Labute approximate surface area is 201 Å². The first kappa shape index (κ1) is 23.3. The predicted octanol–water partition coefficient (Wildman–Crippen LogP) is 4.64. The van der Waals surface area contributed by atoms with Crippen molar-refractivity contribution in [3.05, 3.63) is 90.0 Å². The molecule has 1 amide bonds. The number of fused-ring (bicyclic) bond motifs is 1. The van der Waals surface area contributed by atoms with Gasteiger partial charge in [-0.25, -0.2) is 10.4 Å². The van der Waals surface area contributed by atoms with Gasteiger partial charge in [-0.05, 0) is 54.4 Å². The molecule has 0 bridgehead atoms. The van der Waals surface area contributed by atoms with E-state index in [4.69, 9.17) is 9.72 Å². The van der Waals surface area contributed by atoms with Gasteiger partial charge in [-0.1, -0.05) is 54.2 Å². The second-order valence-corrected chi connectivity index (χ2v) is 8.54. The van der Waals surface area contributed by atoms with Crippen LogP contribution in [0.5, 0.6) is 5.75 Å². The lowest BCUT2D eigenvalue weighted by molar-refractivity contribution is -0.131. The number of hydrogen-bond acceptors (Lipinski definition) is 6. The average molecular weight is 473 g/mol. The fourth-order valence-corrected chi connectivity index (χ4v) is 4.19. The molecule has 1 N–H and O–H groups in total. The first-order valence-electron chi connectivity index (χ1n) is 10.7. The maximum atomic E-state index is 12.5. The van der Waals surface area contributed by atoms with Crippen LogP contribution in [0.15, 0.2) is 89.1 Å². The summed E-state index contributed by atoms with van der Waals surface area (Å²) in [4.78, 5) is 28.2. The van der Waals surface area contributed by atoms with Crippen molar-refractivity contribution >= 4 is 40.4 Å². The molecule has 0 saturated heterocycles. The summed E-state index contributed by atoms with van der Waals surface area (Å²) in [5.41, 5.74) is 7.15. The summed E-state index contributed by atoms with van der Waals surface area (Å²) in [6, 6.07) is 25.1. The topological polar surface area (TPSA) is 85.6 Å². The second-order valence-electron chi connectivity index (χ2n) is 7.59. The predicted molar refractivity (Wildman–Crippen MR) is 134 cm³/mol. The zero-order valence-electron chi connectivity index (χ0n) is 18.9. The summed E-state index contributed by atoms with van der Waals surface area (Å²) < 4.78 is 7.16. The summed E-state index contributed by atoms with van der Waals surface area (Å²) in [5, 5.41) is 4.98. The molecule has 34 heavy (non-hydrogen) atoms. The number of ether oxygens (including phenoxy) is 1. The van der Waals surface area contributed by atoms with E-state index in [1.807, 2.05) is 42.5 Å². The molecule has 4 aromatic rings. The van der Waals surface area contributed by atoms with Crippen molar-refractivity contribution in [1.82, 2.24) is 15.0 Å². The summed E-state index contributed by atoms with van der Waals surface area (Å²) in [5.74, 6) is 0.0441. The number of esters is 1. The minimum absolute atomic E-state index is 0.181. The Balaban J connectivity index is 1.41. The highest BCUT2D eigenvalue weighted by Gasteiger charge is 2.13. The molecule has 0 fully saturated rings. The summed E-state index contributed by atoms with van der Waals surface area (Å²) in [6.07, 6.45) is 0. The largest absolute Gasteiger partial charge is 0.427 e. The van der Waals surface area contributed by atoms with E-state index in [2.05, 4.69) is 27.2 Å². The molecule has 0 spiro atoms. The van der Waals surface area contributed by atoms with Gasteiger partial charge >= 0.3 is 5.97 Å². The molecule has 0 aliphatic rings. The van der Waals surface area contributed by atoms with E-state index in [1.165, 1.54) is 18.7 Å². The van der Waals surface area contributed by atoms with Crippen molar-refractivity contribution in [3.8, 4) is 5.75 Å². The molecule has 3 aromatic carbocycles. The first-order valence-corrected chi connectivity index (χ1v) is 11.7. The molecule has 0 radical (unpaired) electrons. The van der Waals surface area contributed by atoms with Gasteiger partial charge in [0, 0.05) is 6.92 Å². The monoisotopic (exact) mass is 472 g/mol. The van der Waals surface area contributed by atoms with Crippen LogP contribution < -0.4 is 10.2 Å². The van der Waals surface area contributed by atoms with Crippen molar-refractivity contribution in [2.75, 3.05) is 5.75 Å². The highest BCUT2D eigenvalue weighted by molar-refractivity contribution is 7.99. The highest BCUT2D eigenvalue weighted by atomic mass is 32.2. The van der Waals surface area contributed by atoms with E-state index < -0.39 is 0 Å². The minimum atomic E-state index is -0.375. The third-order valence-electron chi connectivity index (χ3n) is 5.02. The van der Waals surface area contributed by atoms with Crippen LogP contribution in [0, 0.1) is 0 Å². The van der Waals surface area contributed by atoms with Crippen molar-refractivity contribution in [1.29, 1.82) is 0 Å². The Bertz CT molecular complexity index is 1330. The van der Waals surface area contributed by atoms with Crippen LogP contribution in [0.3, 0.4) is 0 Å². The zero-order valence-corrected chi connectivity index (χ0v) is 19.7. The molecule has 8 heteroatoms. The van der Waals surface area contributed by atoms with Crippen LogP contribution in [-0.2, 0) is 16.1 Å². The maximum absolute atomic E-state index is 12.5. The van der Waals surface area contributed by atoms with E-state index in [0.717, 1.165) is 27.3 Å². The van der Waals surface area contributed by atoms with Crippen LogP contribution in [0.25, 0.3) is 11.0 Å². The van der Waals surface area contributed by atoms with Gasteiger partial charge in [0.1, 0.15) is 5.75 Å². The minimum Gasteiger partial charge on any atom is -0.427 e. The summed E-state index contributed by atoms with van der Waals surface area (Å²) in [7, 11) is 0. The Morgan fingerprint density at radius 1 is 0.971 bits per heavy atom. The number of carbonyl (C=O) groups is 2. The fourth-order valence-electron chi connectivity index (χ4n) is 3.39. The van der Waals surface area contributed by atoms with Crippen molar-refractivity contribution < 1.29 is 14.3 Å². The van der Waals surface area contributed by atoms with Crippen LogP contribution in [0.4, 0.5) is 0 Å². The molecular formula is C26H24N4O3S. The van der Waals surface area contributed by atoms with E-state index in [-0.39, 0.29) is 17.6 Å². The summed E-state index contributed by atoms with van der Waals surface area (Å²) >= 11 is 1.38. The number of imidazole rings is 1. The SMILES string of the molecule is CC(=O)Oc1ccc(C(C)=NNC(=O)CSc2nc3ccccc3n2Cc2ccccc2)cc1. The Morgan fingerprint density at radius 2 is 1.68 bits per heavy atom. The molecule has 172 valence electrons. The average Bonchev–Trinajstić information content (AvgIpc) is 3.19. The number of nitrogens with zero attached hydrogens (tertiary/aromatic N) is 3. The summed E-state index contributed by atoms with van der Waals surface area (Å²) in [6.45, 7) is 3.82. The van der Waals surface area contributed by atoms with Crippen LogP contribution in [0.1, 0.15) is 25.0 Å². The molecule has 0 saturated carbocycles. The van der Waals surface area contributed by atoms with Gasteiger partial charge in [0.25, 0.3) is 5.91 Å². The maximum Gasteiger partial charge on any atom is 0.308 e. The highest BCUT2D eigenvalue weighted by Crippen LogP contribution is 2.25. The smallest absolute Gasteiger partial charge is 0.308 e. The standard InChI is InChI=1S/C26H24N4O3S/c1-18(21-12-14-22(15-13-21)33-19(2)31)28-29-25(32)17-34-26-27-23-10-6-7-11-24(23)30(26)16-20-8-4-3-5-9-20/h3-15H,16-17H2,1-2H3,(H,29,32). The number of hydrazone groups is 1. The lowest BCUT2D eigenvalue weighted by atomic mass is 10.1. The zero-order chi connectivity index (χ0) is 23.9. The first-order chi connectivity index (χ1) is 16.5. The molecule has 0 aliphatic carbocycles.